The van der Waals surface area contributed by atoms with Crippen LogP contribution in [0.25, 0.3) is 131 Å². The number of furan rings is 1. The van der Waals surface area contributed by atoms with Crippen molar-refractivity contribution in [2.45, 2.75) is 0 Å². The molecule has 0 saturated heterocycles. The average Bonchev–Trinajstić information content (AvgIpc) is 3.86. The van der Waals surface area contributed by atoms with E-state index in [0.29, 0.717) is 0 Å². The van der Waals surface area contributed by atoms with Gasteiger partial charge in [-0.3, -0.25) is 0 Å². The number of anilines is 3. The van der Waals surface area contributed by atoms with Crippen LogP contribution < -0.4 is 4.90 Å². The minimum atomic E-state index is 0.801. The number of para-hydroxylation sites is 2. The lowest BCUT2D eigenvalue weighted by Crippen LogP contribution is -2.09. The lowest BCUT2D eigenvalue weighted by molar-refractivity contribution is 0.669. The van der Waals surface area contributed by atoms with E-state index in [2.05, 4.69) is 248 Å². The van der Waals surface area contributed by atoms with Crippen molar-refractivity contribution in [1.82, 2.24) is 4.98 Å². The van der Waals surface area contributed by atoms with Gasteiger partial charge in [0.1, 0.15) is 11.3 Å². The number of aromatic nitrogens is 1. The van der Waals surface area contributed by atoms with Gasteiger partial charge in [0.05, 0.1) is 5.52 Å². The fourth-order valence-electron chi connectivity index (χ4n) is 11.6. The standard InChI is InChI=1S/C69H42N2O/c1-3-17-55-51(13-1)53-15-5-7-19-57(53)63-41-46(31-39-59(55)63)43-25-33-48(34-26-43)71(50-37-29-45(30-38-50)68-69-67(61-21-9-11-23-65(61)70-68)62-22-10-12-24-66(62)72-69)49-35-27-44(28-36-49)47-32-40-60-56-18-4-2-14-52(56)54-16-6-8-20-58(54)64(60)42-47/h1-42H. The Kier molecular flexibility index (Phi) is 8.96. The van der Waals surface area contributed by atoms with Gasteiger partial charge in [0, 0.05) is 38.8 Å². The van der Waals surface area contributed by atoms with Gasteiger partial charge in [0.25, 0.3) is 0 Å². The first-order valence-electron chi connectivity index (χ1n) is 24.7. The highest BCUT2D eigenvalue weighted by Gasteiger charge is 2.20. The molecule has 0 amide bonds. The maximum Gasteiger partial charge on any atom is 0.162 e. The van der Waals surface area contributed by atoms with Crippen LogP contribution in [-0.4, -0.2) is 4.98 Å². The van der Waals surface area contributed by atoms with Gasteiger partial charge in [-0.15, -0.1) is 0 Å². The number of benzene rings is 13. The lowest BCUT2D eigenvalue weighted by Gasteiger charge is -2.26. The number of hydrogen-bond donors (Lipinski definition) is 0. The smallest absolute Gasteiger partial charge is 0.162 e. The molecule has 0 unspecified atom stereocenters. The fraction of sp³-hybridized carbons (Fsp3) is 0. The van der Waals surface area contributed by atoms with Gasteiger partial charge in [-0.05, 0) is 148 Å². The van der Waals surface area contributed by atoms with Crippen LogP contribution in [0, 0.1) is 0 Å². The van der Waals surface area contributed by atoms with E-state index < -0.39 is 0 Å². The van der Waals surface area contributed by atoms with Crippen LogP contribution in [0.15, 0.2) is 259 Å². The molecular formula is C69H42N2O. The summed E-state index contributed by atoms with van der Waals surface area (Å²) in [5.74, 6) is 0. The number of fused-ring (bicyclic) bond motifs is 17. The van der Waals surface area contributed by atoms with E-state index in [4.69, 9.17) is 9.40 Å². The van der Waals surface area contributed by atoms with E-state index in [1.54, 1.807) is 0 Å². The predicted octanol–water partition coefficient (Wildman–Crippen LogP) is 19.5. The number of nitrogens with zero attached hydrogens (tertiary/aromatic N) is 2. The molecule has 15 aromatic rings. The normalized spacial score (nSPS) is 11.9. The highest BCUT2D eigenvalue weighted by molar-refractivity contribution is 6.27. The summed E-state index contributed by atoms with van der Waals surface area (Å²) in [6, 6.07) is 92.4. The summed E-state index contributed by atoms with van der Waals surface area (Å²) in [6.07, 6.45) is 0. The maximum absolute atomic E-state index is 6.61. The monoisotopic (exact) mass is 914 g/mol. The van der Waals surface area contributed by atoms with Gasteiger partial charge in [-0.1, -0.05) is 194 Å². The summed E-state index contributed by atoms with van der Waals surface area (Å²) in [7, 11) is 0. The molecule has 0 aliphatic rings. The summed E-state index contributed by atoms with van der Waals surface area (Å²) in [5, 5.41) is 18.6. The molecule has 0 bridgehead atoms. The quantitative estimate of drug-likeness (QED) is 0.156. The Morgan fingerprint density at radius 1 is 0.264 bits per heavy atom. The highest BCUT2D eigenvalue weighted by Crippen LogP contribution is 2.44. The van der Waals surface area contributed by atoms with Crippen molar-refractivity contribution in [3.8, 4) is 33.5 Å². The molecule has 0 spiro atoms. The summed E-state index contributed by atoms with van der Waals surface area (Å²) < 4.78 is 6.61. The molecule has 0 radical (unpaired) electrons. The van der Waals surface area contributed by atoms with Crippen LogP contribution in [0.2, 0.25) is 0 Å². The first-order chi connectivity index (χ1) is 35.7. The summed E-state index contributed by atoms with van der Waals surface area (Å²) in [6.45, 7) is 0. The minimum absolute atomic E-state index is 0.801. The summed E-state index contributed by atoms with van der Waals surface area (Å²) in [4.78, 5) is 7.58. The van der Waals surface area contributed by atoms with E-state index in [-0.39, 0.29) is 0 Å². The van der Waals surface area contributed by atoms with Crippen LogP contribution in [0.4, 0.5) is 17.1 Å². The van der Waals surface area contributed by atoms with Crippen molar-refractivity contribution < 1.29 is 4.42 Å². The molecule has 2 heterocycles. The van der Waals surface area contributed by atoms with Gasteiger partial charge in [-0.2, -0.15) is 0 Å². The Bertz CT molecular complexity index is 4390. The topological polar surface area (TPSA) is 29.3 Å². The Hall–Kier alpha value is -9.57. The van der Waals surface area contributed by atoms with Gasteiger partial charge in [-0.25, -0.2) is 4.98 Å². The lowest BCUT2D eigenvalue weighted by atomic mass is 9.92. The zero-order chi connectivity index (χ0) is 47.3. The average molecular weight is 915 g/mol. The Morgan fingerprint density at radius 3 is 1.04 bits per heavy atom. The third-order valence-corrected chi connectivity index (χ3v) is 15.0. The summed E-state index contributed by atoms with van der Waals surface area (Å²) >= 11 is 0. The molecule has 15 rings (SSSR count). The van der Waals surface area contributed by atoms with Crippen molar-refractivity contribution in [3.05, 3.63) is 255 Å². The zero-order valence-corrected chi connectivity index (χ0v) is 39.1. The first kappa shape index (κ1) is 40.3. The highest BCUT2D eigenvalue weighted by atomic mass is 16.3. The van der Waals surface area contributed by atoms with E-state index in [0.717, 1.165) is 72.3 Å². The van der Waals surface area contributed by atoms with Crippen molar-refractivity contribution in [1.29, 1.82) is 0 Å². The molecule has 0 aliphatic heterocycles. The van der Waals surface area contributed by atoms with Crippen molar-refractivity contribution >= 4 is 115 Å². The zero-order valence-electron chi connectivity index (χ0n) is 39.1. The molecule has 0 aliphatic carbocycles. The van der Waals surface area contributed by atoms with Crippen LogP contribution in [0.3, 0.4) is 0 Å². The molecule has 3 heteroatoms. The van der Waals surface area contributed by atoms with Crippen LogP contribution in [0.1, 0.15) is 0 Å². The van der Waals surface area contributed by atoms with E-state index in [9.17, 15) is 0 Å². The second kappa shape index (κ2) is 16.0. The molecule has 0 atom stereocenters. The third-order valence-electron chi connectivity index (χ3n) is 15.0. The maximum atomic E-state index is 6.61. The number of hydrogen-bond acceptors (Lipinski definition) is 3. The van der Waals surface area contributed by atoms with Crippen molar-refractivity contribution in [2.24, 2.45) is 0 Å². The summed E-state index contributed by atoms with van der Waals surface area (Å²) in [5.41, 5.74) is 12.3. The Labute approximate surface area is 415 Å². The molecule has 2 aromatic heterocycles. The largest absolute Gasteiger partial charge is 0.454 e. The predicted molar refractivity (Wildman–Crippen MR) is 305 cm³/mol. The molecule has 334 valence electrons. The fourth-order valence-corrected chi connectivity index (χ4v) is 11.6. The molecule has 72 heavy (non-hydrogen) atoms. The molecular weight excluding hydrogens is 873 g/mol. The third kappa shape index (κ3) is 6.27. The van der Waals surface area contributed by atoms with Gasteiger partial charge < -0.3 is 9.32 Å². The molecule has 0 N–H and O–H groups in total. The van der Waals surface area contributed by atoms with Crippen LogP contribution >= 0.6 is 0 Å². The van der Waals surface area contributed by atoms with Crippen molar-refractivity contribution in [3.63, 3.8) is 0 Å². The SMILES string of the molecule is c1ccc2c(c1)nc(-c1ccc(N(c3ccc(-c4ccc5c6ccccc6c6ccccc6c5c4)cc3)c3ccc(-c4ccc5c6ccccc6c6ccccc6c5c4)cc3)cc1)c1oc3ccccc3c12. The van der Waals surface area contributed by atoms with Crippen LogP contribution in [-0.2, 0) is 0 Å². The second-order valence-electron chi connectivity index (χ2n) is 19.0. The second-order valence-corrected chi connectivity index (χ2v) is 19.0. The number of rotatable bonds is 6. The number of pyridine rings is 1. The minimum Gasteiger partial charge on any atom is -0.454 e. The first-order valence-corrected chi connectivity index (χ1v) is 24.7. The van der Waals surface area contributed by atoms with Gasteiger partial charge >= 0.3 is 0 Å². The Balaban J connectivity index is 0.847. The van der Waals surface area contributed by atoms with Crippen molar-refractivity contribution in [2.75, 3.05) is 4.90 Å². The molecule has 13 aromatic carbocycles. The molecule has 0 saturated carbocycles. The molecule has 3 nitrogen and oxygen atoms in total. The van der Waals surface area contributed by atoms with Gasteiger partial charge in [0.15, 0.2) is 5.58 Å². The Morgan fingerprint density at radius 2 is 0.597 bits per heavy atom. The van der Waals surface area contributed by atoms with E-state index >= 15 is 0 Å². The van der Waals surface area contributed by atoms with Crippen LogP contribution in [0.5, 0.6) is 0 Å². The molecule has 0 fully saturated rings. The van der Waals surface area contributed by atoms with E-state index in [1.165, 1.54) is 75.8 Å². The van der Waals surface area contributed by atoms with E-state index in [1.807, 2.05) is 12.1 Å². The van der Waals surface area contributed by atoms with Gasteiger partial charge in [0.2, 0.25) is 0 Å².